The summed E-state index contributed by atoms with van der Waals surface area (Å²) < 4.78 is 0. The Morgan fingerprint density at radius 2 is 1.86 bits per heavy atom. The summed E-state index contributed by atoms with van der Waals surface area (Å²) in [7, 11) is 0. The van der Waals surface area contributed by atoms with Crippen LogP contribution in [0, 0.1) is 0 Å². The number of aromatic nitrogens is 2. The second-order valence-electron chi connectivity index (χ2n) is 5.20. The van der Waals surface area contributed by atoms with Crippen LogP contribution in [0.1, 0.15) is 43.9 Å². The zero-order chi connectivity index (χ0) is 15.4. The van der Waals surface area contributed by atoms with E-state index in [1.54, 1.807) is 0 Å². The molecule has 0 amide bonds. The molecule has 5 nitrogen and oxygen atoms in total. The summed E-state index contributed by atoms with van der Waals surface area (Å²) in [6.45, 7) is 6.22. The van der Waals surface area contributed by atoms with Crippen molar-refractivity contribution in [2.24, 2.45) is 5.84 Å². The van der Waals surface area contributed by atoms with E-state index in [1.807, 2.05) is 24.3 Å². The molecule has 0 fully saturated rings. The molecular weight excluding hydrogens is 286 g/mol. The van der Waals surface area contributed by atoms with E-state index in [0.29, 0.717) is 5.82 Å². The van der Waals surface area contributed by atoms with E-state index in [2.05, 4.69) is 41.5 Å². The minimum atomic E-state index is 0.0710. The van der Waals surface area contributed by atoms with E-state index in [-0.39, 0.29) is 12.0 Å². The van der Waals surface area contributed by atoms with Crippen molar-refractivity contribution in [3.05, 3.63) is 46.7 Å². The Kier molecular flexibility index (Phi) is 4.98. The van der Waals surface area contributed by atoms with Crippen molar-refractivity contribution in [1.82, 2.24) is 9.97 Å². The zero-order valence-corrected chi connectivity index (χ0v) is 13.1. The van der Waals surface area contributed by atoms with E-state index in [4.69, 9.17) is 17.4 Å². The van der Waals surface area contributed by atoms with Gasteiger partial charge in [0.1, 0.15) is 18.0 Å². The molecule has 0 aliphatic carbocycles. The fourth-order valence-corrected chi connectivity index (χ4v) is 2.44. The number of anilines is 2. The summed E-state index contributed by atoms with van der Waals surface area (Å²) in [5.41, 5.74) is 4.69. The lowest BCUT2D eigenvalue weighted by atomic mass is 10.0. The summed E-state index contributed by atoms with van der Waals surface area (Å²) >= 11 is 6.04. The number of hydrazine groups is 1. The minimum absolute atomic E-state index is 0.0710. The second kappa shape index (κ2) is 6.74. The Morgan fingerprint density at radius 1 is 1.14 bits per heavy atom. The molecule has 112 valence electrons. The van der Waals surface area contributed by atoms with Crippen molar-refractivity contribution in [1.29, 1.82) is 0 Å². The lowest BCUT2D eigenvalue weighted by molar-refractivity contribution is 0.819. The number of rotatable bonds is 5. The molecule has 21 heavy (non-hydrogen) atoms. The average molecular weight is 306 g/mol. The molecule has 1 atom stereocenters. The van der Waals surface area contributed by atoms with Crippen LogP contribution in [0.25, 0.3) is 0 Å². The van der Waals surface area contributed by atoms with Crippen molar-refractivity contribution in [3.63, 3.8) is 0 Å². The predicted octanol–water partition coefficient (Wildman–Crippen LogP) is 3.71. The van der Waals surface area contributed by atoms with Gasteiger partial charge in [-0.2, -0.15) is 0 Å². The van der Waals surface area contributed by atoms with Crippen molar-refractivity contribution in [2.45, 2.75) is 32.7 Å². The molecular formula is C15H20ClN5. The van der Waals surface area contributed by atoms with Crippen LogP contribution in [-0.2, 0) is 0 Å². The number of hydrogen-bond donors (Lipinski definition) is 3. The predicted molar refractivity (Wildman–Crippen MR) is 87.4 cm³/mol. The molecule has 6 heteroatoms. The van der Waals surface area contributed by atoms with Gasteiger partial charge in [-0.1, -0.05) is 37.6 Å². The van der Waals surface area contributed by atoms with E-state index in [1.165, 1.54) is 6.33 Å². The Morgan fingerprint density at radius 3 is 2.48 bits per heavy atom. The molecule has 0 aliphatic rings. The van der Waals surface area contributed by atoms with E-state index < -0.39 is 0 Å². The number of hydrogen-bond acceptors (Lipinski definition) is 5. The Labute approximate surface area is 129 Å². The van der Waals surface area contributed by atoms with Crippen molar-refractivity contribution < 1.29 is 0 Å². The Balaban J connectivity index is 2.31. The van der Waals surface area contributed by atoms with Crippen molar-refractivity contribution >= 4 is 23.2 Å². The largest absolute Gasteiger partial charge is 0.363 e. The molecule has 0 aliphatic heterocycles. The van der Waals surface area contributed by atoms with Gasteiger partial charge in [-0.05, 0) is 30.5 Å². The van der Waals surface area contributed by atoms with Crippen LogP contribution in [0.2, 0.25) is 5.02 Å². The van der Waals surface area contributed by atoms with Gasteiger partial charge < -0.3 is 10.7 Å². The Bertz CT molecular complexity index is 615. The molecule has 1 aromatic heterocycles. The number of nitrogens with zero attached hydrogens (tertiary/aromatic N) is 2. The number of nitrogen functional groups attached to an aromatic ring is 1. The van der Waals surface area contributed by atoms with Gasteiger partial charge in [0, 0.05) is 10.6 Å². The first-order valence-electron chi connectivity index (χ1n) is 6.86. The SMILES string of the molecule is CC(C)c1c(NN)ncnc1NC(C)c1cccc(Cl)c1. The lowest BCUT2D eigenvalue weighted by Crippen LogP contribution is -2.16. The van der Waals surface area contributed by atoms with Gasteiger partial charge >= 0.3 is 0 Å². The van der Waals surface area contributed by atoms with Gasteiger partial charge in [0.2, 0.25) is 0 Å². The Hall–Kier alpha value is -1.85. The molecule has 4 N–H and O–H groups in total. The summed E-state index contributed by atoms with van der Waals surface area (Å²) in [5.74, 6) is 7.19. The molecule has 0 saturated carbocycles. The molecule has 1 aromatic carbocycles. The summed E-state index contributed by atoms with van der Waals surface area (Å²) in [4.78, 5) is 8.51. The van der Waals surface area contributed by atoms with Gasteiger partial charge in [-0.15, -0.1) is 0 Å². The standard InChI is InChI=1S/C15H20ClN5/c1-9(2)13-14(18-8-19-15(13)21-17)20-10(3)11-5-4-6-12(16)7-11/h4-10H,17H2,1-3H3,(H2,18,19,20,21). The monoisotopic (exact) mass is 305 g/mol. The first-order chi connectivity index (χ1) is 10.0. The number of nitrogens with one attached hydrogen (secondary N) is 2. The third-order valence-corrected chi connectivity index (χ3v) is 3.53. The van der Waals surface area contributed by atoms with E-state index >= 15 is 0 Å². The third-order valence-electron chi connectivity index (χ3n) is 3.30. The van der Waals surface area contributed by atoms with Crippen LogP contribution >= 0.6 is 11.6 Å². The van der Waals surface area contributed by atoms with Crippen LogP contribution in [0.15, 0.2) is 30.6 Å². The second-order valence-corrected chi connectivity index (χ2v) is 5.64. The highest BCUT2D eigenvalue weighted by Crippen LogP contribution is 2.30. The highest BCUT2D eigenvalue weighted by Gasteiger charge is 2.16. The van der Waals surface area contributed by atoms with Crippen LogP contribution in [-0.4, -0.2) is 9.97 Å². The molecule has 1 heterocycles. The van der Waals surface area contributed by atoms with Crippen LogP contribution in [0.5, 0.6) is 0 Å². The van der Waals surface area contributed by atoms with Gasteiger partial charge in [-0.25, -0.2) is 15.8 Å². The zero-order valence-electron chi connectivity index (χ0n) is 12.4. The summed E-state index contributed by atoms with van der Waals surface area (Å²) in [6, 6.07) is 7.84. The van der Waals surface area contributed by atoms with Gasteiger partial charge in [0.05, 0.1) is 6.04 Å². The molecule has 0 saturated heterocycles. The molecule has 2 rings (SSSR count). The number of nitrogens with two attached hydrogens (primary N) is 1. The third kappa shape index (κ3) is 3.62. The fraction of sp³-hybridized carbons (Fsp3) is 0.333. The maximum atomic E-state index is 6.04. The molecule has 2 aromatic rings. The smallest absolute Gasteiger partial charge is 0.148 e. The van der Waals surface area contributed by atoms with E-state index in [0.717, 1.165) is 22.0 Å². The topological polar surface area (TPSA) is 75.9 Å². The van der Waals surface area contributed by atoms with Gasteiger partial charge in [0.25, 0.3) is 0 Å². The molecule has 1 unspecified atom stereocenters. The highest BCUT2D eigenvalue weighted by molar-refractivity contribution is 6.30. The van der Waals surface area contributed by atoms with Crippen molar-refractivity contribution in [2.75, 3.05) is 10.7 Å². The van der Waals surface area contributed by atoms with Crippen molar-refractivity contribution in [3.8, 4) is 0 Å². The van der Waals surface area contributed by atoms with Crippen LogP contribution in [0.4, 0.5) is 11.6 Å². The fourth-order valence-electron chi connectivity index (χ4n) is 2.24. The molecule has 0 bridgehead atoms. The molecule has 0 spiro atoms. The quantitative estimate of drug-likeness (QED) is 0.580. The summed E-state index contributed by atoms with van der Waals surface area (Å²) in [6.07, 6.45) is 1.49. The lowest BCUT2D eigenvalue weighted by Gasteiger charge is -2.20. The normalized spacial score (nSPS) is 12.3. The first kappa shape index (κ1) is 15.5. The number of halogens is 1. The molecule has 0 radical (unpaired) electrons. The maximum absolute atomic E-state index is 6.04. The van der Waals surface area contributed by atoms with Gasteiger partial charge in [-0.3, -0.25) is 0 Å². The summed E-state index contributed by atoms with van der Waals surface area (Å²) in [5, 5.41) is 4.12. The highest BCUT2D eigenvalue weighted by atomic mass is 35.5. The minimum Gasteiger partial charge on any atom is -0.363 e. The number of benzene rings is 1. The van der Waals surface area contributed by atoms with Crippen LogP contribution in [0.3, 0.4) is 0 Å². The van der Waals surface area contributed by atoms with Crippen LogP contribution < -0.4 is 16.6 Å². The van der Waals surface area contributed by atoms with E-state index in [9.17, 15) is 0 Å². The maximum Gasteiger partial charge on any atom is 0.148 e. The average Bonchev–Trinajstić information content (AvgIpc) is 2.46. The first-order valence-corrected chi connectivity index (χ1v) is 7.24. The van der Waals surface area contributed by atoms with Gasteiger partial charge in [0.15, 0.2) is 0 Å².